The largest absolute Gasteiger partial charge is 0.494 e. The number of aromatic nitrogens is 3. The lowest BCUT2D eigenvalue weighted by molar-refractivity contribution is 0.317. The molecule has 5 nitrogen and oxygen atoms in total. The minimum Gasteiger partial charge on any atom is -0.494 e. The molecule has 0 aliphatic heterocycles. The number of H-pyrrole nitrogens is 1. The molecule has 5 heteroatoms. The van der Waals surface area contributed by atoms with Crippen LogP contribution in [0.15, 0.2) is 30.6 Å². The topological polar surface area (TPSA) is 62.8 Å². The van der Waals surface area contributed by atoms with Crippen LogP contribution in [-0.2, 0) is 6.54 Å². The second-order valence-electron chi connectivity index (χ2n) is 4.47. The zero-order valence-electron chi connectivity index (χ0n) is 11.4. The third-order valence-corrected chi connectivity index (χ3v) is 2.85. The van der Waals surface area contributed by atoms with Crippen LogP contribution in [0.3, 0.4) is 0 Å². The van der Waals surface area contributed by atoms with Gasteiger partial charge >= 0.3 is 0 Å². The standard InChI is InChI=1S/C14H20N4O/c1-3-8-19-13-6-4-12(5-7-13)9-15-11(2)14-16-10-17-18-14/h4-7,10-11,15H,3,8-9H2,1-2H3,(H,16,17,18). The summed E-state index contributed by atoms with van der Waals surface area (Å²) in [7, 11) is 0. The van der Waals surface area contributed by atoms with E-state index in [-0.39, 0.29) is 6.04 Å². The van der Waals surface area contributed by atoms with Gasteiger partial charge in [-0.2, -0.15) is 5.10 Å². The van der Waals surface area contributed by atoms with Gasteiger partial charge in [-0.3, -0.25) is 5.10 Å². The van der Waals surface area contributed by atoms with Crippen molar-refractivity contribution in [2.75, 3.05) is 6.61 Å². The lowest BCUT2D eigenvalue weighted by Crippen LogP contribution is -2.19. The van der Waals surface area contributed by atoms with E-state index in [1.807, 2.05) is 12.1 Å². The van der Waals surface area contributed by atoms with Gasteiger partial charge in [0, 0.05) is 6.54 Å². The number of hydrogen-bond acceptors (Lipinski definition) is 4. The predicted octanol–water partition coefficient (Wildman–Crippen LogP) is 2.44. The predicted molar refractivity (Wildman–Crippen MR) is 73.9 cm³/mol. The van der Waals surface area contributed by atoms with Crippen LogP contribution in [0.1, 0.15) is 37.7 Å². The summed E-state index contributed by atoms with van der Waals surface area (Å²) in [6, 6.07) is 8.31. The van der Waals surface area contributed by atoms with Gasteiger partial charge in [0.1, 0.15) is 17.9 Å². The molecule has 0 aliphatic carbocycles. The Morgan fingerprint density at radius 3 is 2.74 bits per heavy atom. The maximum absolute atomic E-state index is 5.55. The molecule has 2 rings (SSSR count). The van der Waals surface area contributed by atoms with Gasteiger partial charge in [0.25, 0.3) is 0 Å². The lowest BCUT2D eigenvalue weighted by atomic mass is 10.2. The molecule has 0 fully saturated rings. The van der Waals surface area contributed by atoms with E-state index in [1.54, 1.807) is 0 Å². The molecule has 0 radical (unpaired) electrons. The molecule has 102 valence electrons. The summed E-state index contributed by atoms with van der Waals surface area (Å²) in [5.41, 5.74) is 1.22. The Morgan fingerprint density at radius 2 is 2.11 bits per heavy atom. The van der Waals surface area contributed by atoms with E-state index in [2.05, 4.69) is 46.5 Å². The summed E-state index contributed by atoms with van der Waals surface area (Å²) in [4.78, 5) is 4.13. The normalized spacial score (nSPS) is 12.3. The lowest BCUT2D eigenvalue weighted by Gasteiger charge is -2.11. The quantitative estimate of drug-likeness (QED) is 0.802. The van der Waals surface area contributed by atoms with Crippen molar-refractivity contribution in [3.8, 4) is 5.75 Å². The Labute approximate surface area is 113 Å². The summed E-state index contributed by atoms with van der Waals surface area (Å²) in [6.45, 7) is 5.71. The van der Waals surface area contributed by atoms with Gasteiger partial charge < -0.3 is 10.1 Å². The van der Waals surface area contributed by atoms with E-state index in [9.17, 15) is 0 Å². The first kappa shape index (κ1) is 13.5. The molecule has 0 saturated heterocycles. The number of aromatic amines is 1. The summed E-state index contributed by atoms with van der Waals surface area (Å²) in [5.74, 6) is 1.77. The van der Waals surface area contributed by atoms with Crippen LogP contribution >= 0.6 is 0 Å². The van der Waals surface area contributed by atoms with E-state index < -0.39 is 0 Å². The molecule has 1 aromatic carbocycles. The van der Waals surface area contributed by atoms with Crippen molar-refractivity contribution in [1.82, 2.24) is 20.5 Å². The molecular weight excluding hydrogens is 240 g/mol. The molecule has 1 aromatic heterocycles. The van der Waals surface area contributed by atoms with Crippen LogP contribution in [0.4, 0.5) is 0 Å². The highest BCUT2D eigenvalue weighted by Crippen LogP contribution is 2.13. The minimum atomic E-state index is 0.151. The molecular formula is C14H20N4O. The third kappa shape index (κ3) is 4.06. The van der Waals surface area contributed by atoms with Gasteiger partial charge in [-0.15, -0.1) is 0 Å². The van der Waals surface area contributed by atoms with Crippen molar-refractivity contribution in [3.05, 3.63) is 42.0 Å². The van der Waals surface area contributed by atoms with E-state index in [0.717, 1.165) is 31.1 Å². The zero-order valence-corrected chi connectivity index (χ0v) is 11.4. The van der Waals surface area contributed by atoms with Gasteiger partial charge in [0.2, 0.25) is 0 Å². The molecule has 1 unspecified atom stereocenters. The highest BCUT2D eigenvalue weighted by molar-refractivity contribution is 5.27. The number of ether oxygens (including phenoxy) is 1. The first-order valence-corrected chi connectivity index (χ1v) is 6.60. The molecule has 0 spiro atoms. The number of nitrogens with zero attached hydrogens (tertiary/aromatic N) is 2. The molecule has 0 bridgehead atoms. The van der Waals surface area contributed by atoms with Gasteiger partial charge in [-0.05, 0) is 31.0 Å². The molecule has 1 heterocycles. The second-order valence-corrected chi connectivity index (χ2v) is 4.47. The van der Waals surface area contributed by atoms with Crippen molar-refractivity contribution in [2.24, 2.45) is 0 Å². The van der Waals surface area contributed by atoms with Crippen LogP contribution in [0.25, 0.3) is 0 Å². The van der Waals surface area contributed by atoms with Crippen molar-refractivity contribution in [2.45, 2.75) is 32.9 Å². The van der Waals surface area contributed by atoms with E-state index in [0.29, 0.717) is 0 Å². The Balaban J connectivity index is 1.82. The van der Waals surface area contributed by atoms with E-state index in [1.165, 1.54) is 11.9 Å². The summed E-state index contributed by atoms with van der Waals surface area (Å²) >= 11 is 0. The van der Waals surface area contributed by atoms with Crippen LogP contribution < -0.4 is 10.1 Å². The van der Waals surface area contributed by atoms with Crippen LogP contribution in [-0.4, -0.2) is 21.8 Å². The van der Waals surface area contributed by atoms with Crippen molar-refractivity contribution in [3.63, 3.8) is 0 Å². The van der Waals surface area contributed by atoms with Gasteiger partial charge in [-0.1, -0.05) is 19.1 Å². The SMILES string of the molecule is CCCOc1ccc(CNC(C)c2ncn[nH]2)cc1. The van der Waals surface area contributed by atoms with Gasteiger partial charge in [0.05, 0.1) is 12.6 Å². The number of rotatable bonds is 7. The third-order valence-electron chi connectivity index (χ3n) is 2.85. The Morgan fingerprint density at radius 1 is 1.32 bits per heavy atom. The smallest absolute Gasteiger partial charge is 0.141 e. The number of hydrogen-bond donors (Lipinski definition) is 2. The minimum absolute atomic E-state index is 0.151. The fraction of sp³-hybridized carbons (Fsp3) is 0.429. The first-order chi connectivity index (χ1) is 9.29. The molecule has 1 atom stereocenters. The Kier molecular flexibility index (Phi) is 4.92. The molecule has 2 N–H and O–H groups in total. The van der Waals surface area contributed by atoms with Crippen molar-refractivity contribution >= 4 is 0 Å². The molecule has 0 saturated carbocycles. The average molecular weight is 260 g/mol. The van der Waals surface area contributed by atoms with Gasteiger partial charge in [-0.25, -0.2) is 4.98 Å². The van der Waals surface area contributed by atoms with Crippen molar-refractivity contribution in [1.29, 1.82) is 0 Å². The Hall–Kier alpha value is -1.88. The second kappa shape index (κ2) is 6.89. The maximum Gasteiger partial charge on any atom is 0.141 e. The highest BCUT2D eigenvalue weighted by Gasteiger charge is 2.07. The van der Waals surface area contributed by atoms with Crippen molar-refractivity contribution < 1.29 is 4.74 Å². The number of benzene rings is 1. The fourth-order valence-electron chi connectivity index (χ4n) is 1.71. The summed E-state index contributed by atoms with van der Waals surface area (Å²) in [6.07, 6.45) is 2.55. The summed E-state index contributed by atoms with van der Waals surface area (Å²) in [5, 5.41) is 10.1. The van der Waals surface area contributed by atoms with E-state index in [4.69, 9.17) is 4.74 Å². The fourth-order valence-corrected chi connectivity index (χ4v) is 1.71. The average Bonchev–Trinajstić information content (AvgIpc) is 2.98. The highest BCUT2D eigenvalue weighted by atomic mass is 16.5. The maximum atomic E-state index is 5.55. The molecule has 2 aromatic rings. The molecule has 0 amide bonds. The van der Waals surface area contributed by atoms with Crippen LogP contribution in [0.5, 0.6) is 5.75 Å². The zero-order chi connectivity index (χ0) is 13.5. The first-order valence-electron chi connectivity index (χ1n) is 6.60. The molecule has 0 aliphatic rings. The van der Waals surface area contributed by atoms with Gasteiger partial charge in [0.15, 0.2) is 0 Å². The number of nitrogens with one attached hydrogen (secondary N) is 2. The monoisotopic (exact) mass is 260 g/mol. The van der Waals surface area contributed by atoms with Crippen LogP contribution in [0.2, 0.25) is 0 Å². The van der Waals surface area contributed by atoms with E-state index >= 15 is 0 Å². The van der Waals surface area contributed by atoms with Crippen LogP contribution in [0, 0.1) is 0 Å². The summed E-state index contributed by atoms with van der Waals surface area (Å²) < 4.78 is 5.55. The Bertz CT molecular complexity index is 467. The molecule has 19 heavy (non-hydrogen) atoms.